The SMILES string of the molecule is CCC(CC)c1cccn1C. The molecular formula is C10H17N. The van der Waals surface area contributed by atoms with Crippen LogP contribution in [0.1, 0.15) is 38.3 Å². The van der Waals surface area contributed by atoms with Gasteiger partial charge in [0.2, 0.25) is 0 Å². The summed E-state index contributed by atoms with van der Waals surface area (Å²) in [6.45, 7) is 4.50. The molecule has 1 heterocycles. The van der Waals surface area contributed by atoms with Crippen LogP contribution in [-0.4, -0.2) is 4.57 Å². The largest absolute Gasteiger partial charge is 0.354 e. The zero-order chi connectivity index (χ0) is 8.27. The second-order valence-electron chi connectivity index (χ2n) is 3.06. The van der Waals surface area contributed by atoms with E-state index in [1.54, 1.807) is 0 Å². The van der Waals surface area contributed by atoms with E-state index in [1.165, 1.54) is 18.5 Å². The maximum absolute atomic E-state index is 2.25. The van der Waals surface area contributed by atoms with Crippen molar-refractivity contribution in [2.45, 2.75) is 32.6 Å². The van der Waals surface area contributed by atoms with Crippen molar-refractivity contribution >= 4 is 0 Å². The minimum absolute atomic E-state index is 0.745. The molecule has 0 aromatic carbocycles. The summed E-state index contributed by atoms with van der Waals surface area (Å²) in [6.07, 6.45) is 4.61. The molecule has 0 saturated carbocycles. The lowest BCUT2D eigenvalue weighted by Crippen LogP contribution is -2.01. The van der Waals surface area contributed by atoms with E-state index in [4.69, 9.17) is 0 Å². The molecule has 1 nitrogen and oxygen atoms in total. The van der Waals surface area contributed by atoms with Crippen LogP contribution >= 0.6 is 0 Å². The lowest BCUT2D eigenvalue weighted by molar-refractivity contribution is 0.597. The smallest absolute Gasteiger partial charge is 0.0202 e. The van der Waals surface area contributed by atoms with Crippen LogP contribution in [0.3, 0.4) is 0 Å². The van der Waals surface area contributed by atoms with Gasteiger partial charge in [0.05, 0.1) is 0 Å². The molecule has 0 N–H and O–H groups in total. The first kappa shape index (κ1) is 8.38. The predicted octanol–water partition coefficient (Wildman–Crippen LogP) is 2.93. The topological polar surface area (TPSA) is 4.93 Å². The van der Waals surface area contributed by atoms with Gasteiger partial charge < -0.3 is 4.57 Å². The van der Waals surface area contributed by atoms with Gasteiger partial charge >= 0.3 is 0 Å². The lowest BCUT2D eigenvalue weighted by atomic mass is 10.00. The normalized spacial score (nSPS) is 10.9. The van der Waals surface area contributed by atoms with E-state index in [0.717, 1.165) is 5.92 Å². The van der Waals surface area contributed by atoms with E-state index in [9.17, 15) is 0 Å². The highest BCUT2D eigenvalue weighted by molar-refractivity contribution is 5.11. The maximum atomic E-state index is 2.25. The first-order valence-electron chi connectivity index (χ1n) is 4.40. The third kappa shape index (κ3) is 1.65. The van der Waals surface area contributed by atoms with Gasteiger partial charge in [-0.15, -0.1) is 0 Å². The van der Waals surface area contributed by atoms with Crippen molar-refractivity contribution in [3.05, 3.63) is 24.0 Å². The summed E-state index contributed by atoms with van der Waals surface area (Å²) in [6, 6.07) is 4.34. The summed E-state index contributed by atoms with van der Waals surface area (Å²) in [4.78, 5) is 0. The number of nitrogens with zero attached hydrogens (tertiary/aromatic N) is 1. The summed E-state index contributed by atoms with van der Waals surface area (Å²) in [7, 11) is 2.12. The molecule has 0 amide bonds. The van der Waals surface area contributed by atoms with Crippen LogP contribution in [0, 0.1) is 0 Å². The minimum Gasteiger partial charge on any atom is -0.354 e. The van der Waals surface area contributed by atoms with Gasteiger partial charge in [0.1, 0.15) is 0 Å². The maximum Gasteiger partial charge on any atom is 0.0202 e. The van der Waals surface area contributed by atoms with Crippen LogP contribution in [0.4, 0.5) is 0 Å². The van der Waals surface area contributed by atoms with Crippen molar-refractivity contribution in [3.63, 3.8) is 0 Å². The number of aromatic nitrogens is 1. The van der Waals surface area contributed by atoms with Crippen molar-refractivity contribution in [1.29, 1.82) is 0 Å². The molecule has 0 aliphatic rings. The van der Waals surface area contributed by atoms with E-state index < -0.39 is 0 Å². The van der Waals surface area contributed by atoms with Gasteiger partial charge in [-0.2, -0.15) is 0 Å². The molecule has 0 radical (unpaired) electrons. The monoisotopic (exact) mass is 151 g/mol. The first-order chi connectivity index (χ1) is 5.29. The Hall–Kier alpha value is -0.720. The third-order valence-corrected chi connectivity index (χ3v) is 2.39. The molecule has 1 heteroatoms. The number of hydrogen-bond donors (Lipinski definition) is 0. The predicted molar refractivity (Wildman–Crippen MR) is 48.7 cm³/mol. The van der Waals surface area contributed by atoms with Gasteiger partial charge in [0.15, 0.2) is 0 Å². The zero-order valence-electron chi connectivity index (χ0n) is 7.67. The van der Waals surface area contributed by atoms with Gasteiger partial charge in [-0.05, 0) is 30.9 Å². The van der Waals surface area contributed by atoms with Crippen LogP contribution in [-0.2, 0) is 7.05 Å². The second-order valence-corrected chi connectivity index (χ2v) is 3.06. The van der Waals surface area contributed by atoms with Crippen LogP contribution in [0.5, 0.6) is 0 Å². The van der Waals surface area contributed by atoms with E-state index in [-0.39, 0.29) is 0 Å². The Bertz CT molecular complexity index is 208. The first-order valence-corrected chi connectivity index (χ1v) is 4.40. The highest BCUT2D eigenvalue weighted by atomic mass is 14.9. The molecule has 0 aliphatic heterocycles. The number of aryl methyl sites for hydroxylation is 1. The minimum atomic E-state index is 0.745. The summed E-state index contributed by atoms with van der Waals surface area (Å²) in [5.41, 5.74) is 1.47. The Labute approximate surface area is 69.0 Å². The number of rotatable bonds is 3. The summed E-state index contributed by atoms with van der Waals surface area (Å²) in [5, 5.41) is 0. The molecule has 1 aromatic rings. The Balaban J connectivity index is 2.81. The molecule has 0 saturated heterocycles. The van der Waals surface area contributed by atoms with Crippen molar-refractivity contribution in [3.8, 4) is 0 Å². The van der Waals surface area contributed by atoms with Gasteiger partial charge in [-0.3, -0.25) is 0 Å². The van der Waals surface area contributed by atoms with E-state index in [0.29, 0.717) is 0 Å². The highest BCUT2D eigenvalue weighted by Gasteiger charge is 2.08. The fourth-order valence-corrected chi connectivity index (χ4v) is 1.61. The second kappa shape index (κ2) is 3.61. The van der Waals surface area contributed by atoms with Gasteiger partial charge in [0.25, 0.3) is 0 Å². The molecule has 0 atom stereocenters. The van der Waals surface area contributed by atoms with Crippen LogP contribution in [0.2, 0.25) is 0 Å². The van der Waals surface area contributed by atoms with Crippen LogP contribution < -0.4 is 0 Å². The molecule has 62 valence electrons. The van der Waals surface area contributed by atoms with Gasteiger partial charge in [-0.1, -0.05) is 13.8 Å². The quantitative estimate of drug-likeness (QED) is 0.626. The Morgan fingerprint density at radius 1 is 1.36 bits per heavy atom. The fourth-order valence-electron chi connectivity index (χ4n) is 1.61. The van der Waals surface area contributed by atoms with Crippen molar-refractivity contribution < 1.29 is 0 Å². The van der Waals surface area contributed by atoms with Gasteiger partial charge in [0, 0.05) is 18.9 Å². The van der Waals surface area contributed by atoms with E-state index in [1.807, 2.05) is 0 Å². The third-order valence-electron chi connectivity index (χ3n) is 2.39. The van der Waals surface area contributed by atoms with E-state index in [2.05, 4.69) is 43.8 Å². The summed E-state index contributed by atoms with van der Waals surface area (Å²) in [5.74, 6) is 0.745. The molecule has 1 aromatic heterocycles. The fraction of sp³-hybridized carbons (Fsp3) is 0.600. The zero-order valence-corrected chi connectivity index (χ0v) is 7.67. The standard InChI is InChI=1S/C10H17N/c1-4-9(5-2)10-7-6-8-11(10)3/h6-9H,4-5H2,1-3H3. The van der Waals surface area contributed by atoms with E-state index >= 15 is 0 Å². The van der Waals surface area contributed by atoms with Crippen LogP contribution in [0.15, 0.2) is 18.3 Å². The molecule has 0 unspecified atom stereocenters. The average Bonchev–Trinajstić information content (AvgIpc) is 2.40. The summed E-state index contributed by atoms with van der Waals surface area (Å²) < 4.78 is 2.22. The molecule has 0 aliphatic carbocycles. The van der Waals surface area contributed by atoms with Crippen molar-refractivity contribution in [1.82, 2.24) is 4.57 Å². The molecule has 11 heavy (non-hydrogen) atoms. The Morgan fingerprint density at radius 3 is 2.36 bits per heavy atom. The van der Waals surface area contributed by atoms with Crippen molar-refractivity contribution in [2.24, 2.45) is 7.05 Å². The molecular weight excluding hydrogens is 134 g/mol. The Kier molecular flexibility index (Phi) is 2.75. The van der Waals surface area contributed by atoms with Crippen molar-refractivity contribution in [2.75, 3.05) is 0 Å². The molecule has 0 fully saturated rings. The number of hydrogen-bond acceptors (Lipinski definition) is 0. The highest BCUT2D eigenvalue weighted by Crippen LogP contribution is 2.22. The molecule has 0 bridgehead atoms. The molecule has 1 rings (SSSR count). The Morgan fingerprint density at radius 2 is 2.00 bits per heavy atom. The summed E-state index contributed by atoms with van der Waals surface area (Å²) >= 11 is 0. The molecule has 0 spiro atoms. The van der Waals surface area contributed by atoms with Gasteiger partial charge in [-0.25, -0.2) is 0 Å². The average molecular weight is 151 g/mol. The lowest BCUT2D eigenvalue weighted by Gasteiger charge is -2.12. The van der Waals surface area contributed by atoms with Crippen LogP contribution in [0.25, 0.3) is 0 Å².